The molecule has 0 radical (unpaired) electrons. The summed E-state index contributed by atoms with van der Waals surface area (Å²) in [6.45, 7) is 26.6. The van der Waals surface area contributed by atoms with Gasteiger partial charge in [0.2, 0.25) is 11.8 Å². The highest BCUT2D eigenvalue weighted by molar-refractivity contribution is 5.82. The maximum absolute atomic E-state index is 12.6. The predicted molar refractivity (Wildman–Crippen MR) is 164 cm³/mol. The van der Waals surface area contributed by atoms with E-state index in [4.69, 9.17) is 0 Å². The smallest absolute Gasteiger partial charge is 0.238 e. The van der Waals surface area contributed by atoms with Crippen LogP contribution < -0.4 is 10.9 Å². The molecule has 6 heteroatoms. The lowest BCUT2D eigenvalue weighted by Crippen LogP contribution is -2.41. The lowest BCUT2D eigenvalue weighted by atomic mass is 9.67. The highest BCUT2D eigenvalue weighted by Crippen LogP contribution is 2.48. The number of nitrogens with one attached hydrogen (secondary N) is 2. The van der Waals surface area contributed by atoms with Crippen molar-refractivity contribution in [1.29, 1.82) is 0 Å². The SMILES string of the molecule is C=C(C)C1(C)CC(CCC(=O)NNC(=O)CCc2cc(C(C)(C)C)c(O)c(C(C)(C)C)c2)=CC(C(C)(C)C)=C1O. The highest BCUT2D eigenvalue weighted by Gasteiger charge is 2.39. The summed E-state index contributed by atoms with van der Waals surface area (Å²) in [6.07, 6.45) is 4.06. The van der Waals surface area contributed by atoms with Crippen LogP contribution in [0, 0.1) is 10.8 Å². The molecule has 0 spiro atoms. The summed E-state index contributed by atoms with van der Waals surface area (Å²) in [4.78, 5) is 25.2. The average Bonchev–Trinajstić information content (AvgIpc) is 2.80. The number of aliphatic hydroxyl groups excluding tert-OH is 1. The van der Waals surface area contributed by atoms with Crippen LogP contribution in [0.15, 0.2) is 47.3 Å². The summed E-state index contributed by atoms with van der Waals surface area (Å²) in [7, 11) is 0. The summed E-state index contributed by atoms with van der Waals surface area (Å²) in [5, 5.41) is 22.0. The van der Waals surface area contributed by atoms with Crippen molar-refractivity contribution in [3.05, 3.63) is 64.0 Å². The zero-order chi connectivity index (χ0) is 30.8. The molecule has 0 bridgehead atoms. The van der Waals surface area contributed by atoms with E-state index < -0.39 is 5.41 Å². The number of benzene rings is 1. The number of phenolic OH excluding ortho intramolecular Hbond substituents is 1. The van der Waals surface area contributed by atoms with E-state index in [-0.39, 0.29) is 40.9 Å². The number of phenols is 1. The van der Waals surface area contributed by atoms with E-state index in [1.165, 1.54) is 0 Å². The van der Waals surface area contributed by atoms with Gasteiger partial charge in [-0.2, -0.15) is 0 Å². The Morgan fingerprint density at radius 3 is 1.70 bits per heavy atom. The molecule has 0 aliphatic heterocycles. The first kappa shape index (κ1) is 33.2. The molecule has 1 aliphatic rings. The fourth-order valence-corrected chi connectivity index (χ4v) is 5.02. The van der Waals surface area contributed by atoms with Gasteiger partial charge in [-0.1, -0.05) is 98.2 Å². The van der Waals surface area contributed by atoms with Crippen LogP contribution in [-0.2, 0) is 26.8 Å². The van der Waals surface area contributed by atoms with Gasteiger partial charge < -0.3 is 10.2 Å². The lowest BCUT2D eigenvalue weighted by molar-refractivity contribution is -0.128. The average molecular weight is 553 g/mol. The molecule has 0 aromatic heterocycles. The minimum atomic E-state index is -0.564. The molecule has 6 nitrogen and oxygen atoms in total. The third kappa shape index (κ3) is 8.02. The fourth-order valence-electron chi connectivity index (χ4n) is 5.02. The topological polar surface area (TPSA) is 98.7 Å². The molecular formula is C34H52N2O4. The van der Waals surface area contributed by atoms with Gasteiger partial charge in [0.25, 0.3) is 0 Å². The minimum absolute atomic E-state index is 0.208. The quantitative estimate of drug-likeness (QED) is 0.207. The number of amides is 2. The van der Waals surface area contributed by atoms with Gasteiger partial charge in [0.1, 0.15) is 11.5 Å². The van der Waals surface area contributed by atoms with E-state index >= 15 is 0 Å². The number of aliphatic hydroxyl groups is 1. The van der Waals surface area contributed by atoms with Gasteiger partial charge in [0, 0.05) is 18.3 Å². The predicted octanol–water partition coefficient (Wildman–Crippen LogP) is 7.62. The van der Waals surface area contributed by atoms with Gasteiger partial charge in [0.05, 0.1) is 0 Å². The zero-order valence-electron chi connectivity index (χ0n) is 26.7. The molecule has 2 rings (SSSR count). The summed E-state index contributed by atoms with van der Waals surface area (Å²) in [5.74, 6) is 0.131. The summed E-state index contributed by atoms with van der Waals surface area (Å²) in [5.41, 5.74) is 9.32. The van der Waals surface area contributed by atoms with Gasteiger partial charge in [-0.25, -0.2) is 0 Å². The van der Waals surface area contributed by atoms with Crippen molar-refractivity contribution in [2.24, 2.45) is 10.8 Å². The molecule has 0 fully saturated rings. The Morgan fingerprint density at radius 1 is 0.850 bits per heavy atom. The number of hydrazine groups is 1. The van der Waals surface area contributed by atoms with Gasteiger partial charge in [-0.15, -0.1) is 0 Å². The molecule has 1 unspecified atom stereocenters. The standard InChI is InChI=1S/C34H52N2O4/c1-21(2)34(12)20-23(19-26(30(34)40)33(9,10)11)14-16-28(38)36-35-27(37)15-13-22-17-24(31(3,4)5)29(39)25(18-22)32(6,7)8/h17-19,39-40H,1,13-16,20H2,2-12H3,(H,35,37)(H,36,38). The van der Waals surface area contributed by atoms with Gasteiger partial charge in [-0.05, 0) is 71.6 Å². The van der Waals surface area contributed by atoms with E-state index in [0.717, 1.165) is 33.4 Å². The second-order valence-corrected chi connectivity index (χ2v) is 14.7. The van der Waals surface area contributed by atoms with Crippen molar-refractivity contribution in [1.82, 2.24) is 10.9 Å². The van der Waals surface area contributed by atoms with Crippen LogP contribution in [0.2, 0.25) is 0 Å². The van der Waals surface area contributed by atoms with Crippen LogP contribution in [0.3, 0.4) is 0 Å². The van der Waals surface area contributed by atoms with Crippen molar-refractivity contribution >= 4 is 11.8 Å². The normalized spacial score (nSPS) is 18.3. The number of hydrogen-bond acceptors (Lipinski definition) is 4. The van der Waals surface area contributed by atoms with Crippen molar-refractivity contribution in [2.45, 2.75) is 119 Å². The van der Waals surface area contributed by atoms with Crippen LogP contribution in [-0.4, -0.2) is 22.0 Å². The van der Waals surface area contributed by atoms with Crippen molar-refractivity contribution in [2.75, 3.05) is 0 Å². The summed E-state index contributed by atoms with van der Waals surface area (Å²) < 4.78 is 0. The molecule has 1 aromatic carbocycles. The summed E-state index contributed by atoms with van der Waals surface area (Å²) >= 11 is 0. The van der Waals surface area contributed by atoms with E-state index in [2.05, 4.69) is 79.7 Å². The number of hydrogen-bond donors (Lipinski definition) is 4. The number of allylic oxidation sites excluding steroid dienone is 4. The largest absolute Gasteiger partial charge is 0.511 e. The van der Waals surface area contributed by atoms with E-state index in [1.807, 2.05) is 32.1 Å². The van der Waals surface area contributed by atoms with Gasteiger partial charge in [0.15, 0.2) is 0 Å². The van der Waals surface area contributed by atoms with Crippen molar-refractivity contribution < 1.29 is 19.8 Å². The second-order valence-electron chi connectivity index (χ2n) is 14.7. The molecular weight excluding hydrogens is 500 g/mol. The van der Waals surface area contributed by atoms with Gasteiger partial charge in [-0.3, -0.25) is 20.4 Å². The molecule has 1 atom stereocenters. The summed E-state index contributed by atoms with van der Waals surface area (Å²) in [6, 6.07) is 3.95. The van der Waals surface area contributed by atoms with Crippen LogP contribution in [0.1, 0.15) is 119 Å². The molecule has 40 heavy (non-hydrogen) atoms. The number of aryl methyl sites for hydroxylation is 1. The third-order valence-electron chi connectivity index (χ3n) is 7.90. The Balaban J connectivity index is 2.01. The highest BCUT2D eigenvalue weighted by atomic mass is 16.3. The first-order valence-corrected chi connectivity index (χ1v) is 14.3. The van der Waals surface area contributed by atoms with Crippen LogP contribution in [0.5, 0.6) is 5.75 Å². The Kier molecular flexibility index (Phi) is 9.82. The number of rotatable bonds is 7. The molecule has 1 aliphatic carbocycles. The van der Waals surface area contributed by atoms with Crippen LogP contribution >= 0.6 is 0 Å². The second kappa shape index (κ2) is 11.8. The van der Waals surface area contributed by atoms with Crippen molar-refractivity contribution in [3.8, 4) is 5.75 Å². The minimum Gasteiger partial charge on any atom is -0.511 e. The zero-order valence-corrected chi connectivity index (χ0v) is 26.7. The third-order valence-corrected chi connectivity index (χ3v) is 7.90. The number of carbonyl (C=O) groups is 2. The molecule has 2 amide bonds. The number of aromatic hydroxyl groups is 1. The Morgan fingerprint density at radius 2 is 1.30 bits per heavy atom. The molecule has 222 valence electrons. The fraction of sp³-hybridized carbons (Fsp3) is 0.588. The first-order valence-electron chi connectivity index (χ1n) is 14.3. The van der Waals surface area contributed by atoms with Crippen molar-refractivity contribution in [3.63, 3.8) is 0 Å². The molecule has 1 aromatic rings. The van der Waals surface area contributed by atoms with E-state index in [9.17, 15) is 19.8 Å². The lowest BCUT2D eigenvalue weighted by Gasteiger charge is -2.38. The Hall–Kier alpha value is -3.02. The van der Waals surface area contributed by atoms with E-state index in [0.29, 0.717) is 30.8 Å². The maximum atomic E-state index is 12.6. The first-order chi connectivity index (χ1) is 18.1. The Bertz CT molecular complexity index is 1180. The molecule has 0 saturated carbocycles. The maximum Gasteiger partial charge on any atom is 0.238 e. The molecule has 0 heterocycles. The molecule has 4 N–H and O–H groups in total. The van der Waals surface area contributed by atoms with Crippen LogP contribution in [0.25, 0.3) is 0 Å². The number of carbonyl (C=O) groups excluding carboxylic acids is 2. The monoisotopic (exact) mass is 552 g/mol. The van der Waals surface area contributed by atoms with E-state index in [1.54, 1.807) is 0 Å². The van der Waals surface area contributed by atoms with Crippen LogP contribution in [0.4, 0.5) is 0 Å². The Labute approximate surface area is 242 Å². The van der Waals surface area contributed by atoms with Gasteiger partial charge >= 0.3 is 0 Å². The molecule has 0 saturated heterocycles.